The number of hydrogen-bond donors (Lipinski definition) is 1. The number of hydrogen-bond acceptors (Lipinski definition) is 4. The van der Waals surface area contributed by atoms with Gasteiger partial charge in [0, 0.05) is 10.9 Å². The van der Waals surface area contributed by atoms with E-state index in [9.17, 15) is 14.7 Å². The first-order valence-corrected chi connectivity index (χ1v) is 7.59. The van der Waals surface area contributed by atoms with Gasteiger partial charge in [0.25, 0.3) is 0 Å². The van der Waals surface area contributed by atoms with Crippen molar-refractivity contribution < 1.29 is 19.4 Å². The average Bonchev–Trinajstić information content (AvgIpc) is 2.62. The fraction of sp³-hybridized carbons (Fsp3) is 0.100. The number of ketones is 1. The van der Waals surface area contributed by atoms with Crippen LogP contribution < -0.4 is 0 Å². The molecule has 0 fully saturated rings. The molecule has 0 saturated heterocycles. The maximum absolute atomic E-state index is 12.3. The van der Waals surface area contributed by atoms with Gasteiger partial charge in [0.2, 0.25) is 5.78 Å². The maximum atomic E-state index is 12.3. The van der Waals surface area contributed by atoms with E-state index in [4.69, 9.17) is 4.74 Å². The molecule has 3 rings (SSSR count). The Morgan fingerprint density at radius 3 is 2.33 bits per heavy atom. The Labute approximate surface area is 139 Å². The number of carbonyl (C=O) groups excluding carboxylic acids is 2. The van der Waals surface area contributed by atoms with Gasteiger partial charge in [-0.3, -0.25) is 4.79 Å². The Kier molecular flexibility index (Phi) is 4.29. The zero-order valence-electron chi connectivity index (χ0n) is 13.1. The van der Waals surface area contributed by atoms with E-state index in [0.29, 0.717) is 10.9 Å². The molecular formula is C20H16O4. The van der Waals surface area contributed by atoms with Gasteiger partial charge in [-0.1, -0.05) is 60.7 Å². The van der Waals surface area contributed by atoms with E-state index >= 15 is 0 Å². The molecular weight excluding hydrogens is 304 g/mol. The Morgan fingerprint density at radius 1 is 0.917 bits per heavy atom. The van der Waals surface area contributed by atoms with Gasteiger partial charge in [0.05, 0.1) is 0 Å². The summed E-state index contributed by atoms with van der Waals surface area (Å²) in [5, 5.41) is 11.7. The normalized spacial score (nSPS) is 11.9. The first kappa shape index (κ1) is 15.7. The fourth-order valence-electron chi connectivity index (χ4n) is 2.53. The topological polar surface area (TPSA) is 63.6 Å². The van der Waals surface area contributed by atoms with Crippen LogP contribution in [0.3, 0.4) is 0 Å². The van der Waals surface area contributed by atoms with Crippen molar-refractivity contribution in [2.45, 2.75) is 13.0 Å². The highest BCUT2D eigenvalue weighted by atomic mass is 16.5. The SMILES string of the molecule is C[C@H](OC(=O)c1ccc2ccccc2c1O)C(=O)c1ccccc1. The molecule has 0 aliphatic carbocycles. The summed E-state index contributed by atoms with van der Waals surface area (Å²) in [7, 11) is 0. The van der Waals surface area contributed by atoms with Crippen molar-refractivity contribution in [3.05, 3.63) is 77.9 Å². The molecule has 4 heteroatoms. The lowest BCUT2D eigenvalue weighted by molar-refractivity contribution is 0.0316. The first-order valence-electron chi connectivity index (χ1n) is 7.59. The predicted octanol–water partition coefficient (Wildman–Crippen LogP) is 3.97. The third-order valence-electron chi connectivity index (χ3n) is 3.83. The monoisotopic (exact) mass is 320 g/mol. The molecule has 0 aliphatic heterocycles. The molecule has 0 radical (unpaired) electrons. The summed E-state index contributed by atoms with van der Waals surface area (Å²) in [5.74, 6) is -1.16. The van der Waals surface area contributed by atoms with Crippen LogP contribution in [0, 0.1) is 0 Å². The molecule has 3 aromatic rings. The van der Waals surface area contributed by atoms with Crippen molar-refractivity contribution in [2.75, 3.05) is 0 Å². The van der Waals surface area contributed by atoms with Gasteiger partial charge >= 0.3 is 5.97 Å². The van der Waals surface area contributed by atoms with Gasteiger partial charge in [0.1, 0.15) is 11.3 Å². The Morgan fingerprint density at radius 2 is 1.58 bits per heavy atom. The summed E-state index contributed by atoms with van der Waals surface area (Å²) in [5.41, 5.74) is 0.516. The van der Waals surface area contributed by atoms with Crippen LogP contribution >= 0.6 is 0 Å². The number of esters is 1. The van der Waals surface area contributed by atoms with Gasteiger partial charge in [-0.2, -0.15) is 0 Å². The summed E-state index contributed by atoms with van der Waals surface area (Å²) < 4.78 is 5.23. The van der Waals surface area contributed by atoms with Gasteiger partial charge in [-0.05, 0) is 18.4 Å². The second kappa shape index (κ2) is 6.54. The molecule has 0 heterocycles. The number of aromatic hydroxyl groups is 1. The van der Waals surface area contributed by atoms with Crippen LogP contribution in [0.5, 0.6) is 5.75 Å². The molecule has 0 aromatic heterocycles. The number of phenols is 1. The van der Waals surface area contributed by atoms with Crippen LogP contribution in [-0.4, -0.2) is 23.0 Å². The second-order valence-electron chi connectivity index (χ2n) is 5.46. The van der Waals surface area contributed by atoms with Crippen LogP contribution in [0.1, 0.15) is 27.6 Å². The molecule has 0 amide bonds. The fourth-order valence-corrected chi connectivity index (χ4v) is 2.53. The Bertz CT molecular complexity index is 900. The molecule has 24 heavy (non-hydrogen) atoms. The zero-order valence-corrected chi connectivity index (χ0v) is 13.1. The van der Waals surface area contributed by atoms with Crippen molar-refractivity contribution in [3.63, 3.8) is 0 Å². The van der Waals surface area contributed by atoms with Gasteiger partial charge < -0.3 is 9.84 Å². The highest BCUT2D eigenvalue weighted by Crippen LogP contribution is 2.29. The van der Waals surface area contributed by atoms with Crippen LogP contribution in [0.15, 0.2) is 66.7 Å². The molecule has 0 spiro atoms. The average molecular weight is 320 g/mol. The summed E-state index contributed by atoms with van der Waals surface area (Å²) in [6.07, 6.45) is -0.939. The number of rotatable bonds is 4. The van der Waals surface area contributed by atoms with Crippen LogP contribution in [0.2, 0.25) is 0 Å². The molecule has 0 aliphatic rings. The lowest BCUT2D eigenvalue weighted by Crippen LogP contribution is -2.24. The Hall–Kier alpha value is -3.14. The Balaban J connectivity index is 1.82. The summed E-state index contributed by atoms with van der Waals surface area (Å²) >= 11 is 0. The number of benzene rings is 3. The van der Waals surface area contributed by atoms with Crippen molar-refractivity contribution in [1.29, 1.82) is 0 Å². The molecule has 0 unspecified atom stereocenters. The molecule has 4 nitrogen and oxygen atoms in total. The predicted molar refractivity (Wildman–Crippen MR) is 91.3 cm³/mol. The molecule has 0 saturated carbocycles. The van der Waals surface area contributed by atoms with E-state index < -0.39 is 12.1 Å². The van der Waals surface area contributed by atoms with Crippen LogP contribution in [0.25, 0.3) is 10.8 Å². The van der Waals surface area contributed by atoms with Crippen molar-refractivity contribution in [3.8, 4) is 5.75 Å². The van der Waals surface area contributed by atoms with Gasteiger partial charge in [0.15, 0.2) is 6.10 Å². The van der Waals surface area contributed by atoms with Crippen molar-refractivity contribution >= 4 is 22.5 Å². The number of Topliss-reactive ketones (excluding diaryl/α,β-unsaturated/α-hetero) is 1. The number of carbonyl (C=O) groups is 2. The number of phenolic OH excluding ortho intramolecular Hbond substituents is 1. The quantitative estimate of drug-likeness (QED) is 0.583. The van der Waals surface area contributed by atoms with Crippen molar-refractivity contribution in [1.82, 2.24) is 0 Å². The third-order valence-corrected chi connectivity index (χ3v) is 3.83. The van der Waals surface area contributed by atoms with Gasteiger partial charge in [-0.25, -0.2) is 4.79 Å². The van der Waals surface area contributed by atoms with E-state index in [1.54, 1.807) is 48.5 Å². The summed E-state index contributed by atoms with van der Waals surface area (Å²) in [4.78, 5) is 24.6. The first-order chi connectivity index (χ1) is 11.6. The standard InChI is InChI=1S/C20H16O4/c1-13(18(21)15-8-3-2-4-9-15)24-20(23)17-12-11-14-7-5-6-10-16(14)19(17)22/h2-13,22H,1H3/t13-/m0/s1. The zero-order chi connectivity index (χ0) is 17.1. The highest BCUT2D eigenvalue weighted by molar-refractivity contribution is 6.04. The van der Waals surface area contributed by atoms with E-state index in [2.05, 4.69) is 0 Å². The lowest BCUT2D eigenvalue weighted by atomic mass is 10.0. The maximum Gasteiger partial charge on any atom is 0.342 e. The summed E-state index contributed by atoms with van der Waals surface area (Å²) in [6.45, 7) is 1.52. The number of ether oxygens (including phenoxy) is 1. The highest BCUT2D eigenvalue weighted by Gasteiger charge is 2.22. The molecule has 1 atom stereocenters. The molecule has 3 aromatic carbocycles. The number of fused-ring (bicyclic) bond motifs is 1. The minimum absolute atomic E-state index is 0.0430. The van der Waals surface area contributed by atoms with E-state index in [0.717, 1.165) is 5.39 Å². The van der Waals surface area contributed by atoms with Gasteiger partial charge in [-0.15, -0.1) is 0 Å². The molecule has 0 bridgehead atoms. The van der Waals surface area contributed by atoms with Crippen LogP contribution in [-0.2, 0) is 4.74 Å². The van der Waals surface area contributed by atoms with Crippen molar-refractivity contribution in [2.24, 2.45) is 0 Å². The van der Waals surface area contributed by atoms with E-state index in [1.807, 2.05) is 12.1 Å². The largest absolute Gasteiger partial charge is 0.506 e. The van der Waals surface area contributed by atoms with Crippen LogP contribution in [0.4, 0.5) is 0 Å². The lowest BCUT2D eigenvalue weighted by Gasteiger charge is -2.13. The molecule has 120 valence electrons. The minimum atomic E-state index is -0.939. The smallest absolute Gasteiger partial charge is 0.342 e. The van der Waals surface area contributed by atoms with E-state index in [1.165, 1.54) is 13.0 Å². The molecule has 1 N–H and O–H groups in total. The minimum Gasteiger partial charge on any atom is -0.506 e. The second-order valence-corrected chi connectivity index (χ2v) is 5.46. The summed E-state index contributed by atoms with van der Waals surface area (Å²) in [6, 6.07) is 19.1. The third kappa shape index (κ3) is 2.99. The van der Waals surface area contributed by atoms with E-state index in [-0.39, 0.29) is 17.1 Å².